The number of hydrogen-bond acceptors (Lipinski definition) is 2. The minimum Gasteiger partial charge on any atom is -0.427 e. The second kappa shape index (κ2) is 6.35. The smallest absolute Gasteiger partial charge is 0.161 e. The van der Waals surface area contributed by atoms with Crippen molar-refractivity contribution in [2.24, 2.45) is 0 Å². The minimum atomic E-state index is -1.07. The lowest BCUT2D eigenvalue weighted by Crippen LogP contribution is -2.33. The van der Waals surface area contributed by atoms with E-state index in [9.17, 15) is 0 Å². The van der Waals surface area contributed by atoms with Crippen molar-refractivity contribution in [2.75, 3.05) is 12.9 Å². The van der Waals surface area contributed by atoms with E-state index in [0.717, 1.165) is 0 Å². The highest BCUT2D eigenvalue weighted by Gasteiger charge is 2.35. The second-order valence-electron chi connectivity index (χ2n) is 5.31. The Morgan fingerprint density at radius 1 is 1.29 bits per heavy atom. The van der Waals surface area contributed by atoms with E-state index in [1.54, 1.807) is 0 Å². The molecule has 0 bridgehead atoms. The molecule has 0 heterocycles. The first-order valence-electron chi connectivity index (χ1n) is 5.44. The van der Waals surface area contributed by atoms with Crippen LogP contribution in [-0.4, -0.2) is 29.8 Å². The van der Waals surface area contributed by atoms with Gasteiger partial charge in [0.2, 0.25) is 0 Å². The van der Waals surface area contributed by atoms with E-state index >= 15 is 0 Å². The molecule has 0 atom stereocenters. The third-order valence-electron chi connectivity index (χ3n) is 3.01. The lowest BCUT2D eigenvalue weighted by atomic mass is 10.2. The molecule has 0 aliphatic carbocycles. The highest BCUT2D eigenvalue weighted by Crippen LogP contribution is 2.43. The van der Waals surface area contributed by atoms with Crippen LogP contribution in [0.1, 0.15) is 27.2 Å². The van der Waals surface area contributed by atoms with Gasteiger partial charge in [0.05, 0.1) is 0 Å². The molecule has 0 unspecified atom stereocenters. The van der Waals surface area contributed by atoms with Crippen molar-refractivity contribution < 1.29 is 4.43 Å². The molecule has 0 fully saturated rings. The van der Waals surface area contributed by atoms with Crippen molar-refractivity contribution in [3.63, 3.8) is 0 Å². The Kier molecular flexibility index (Phi) is 6.69. The van der Waals surface area contributed by atoms with Crippen molar-refractivity contribution >= 4 is 28.2 Å². The molecular weight excluding hydrogens is 224 g/mol. The first kappa shape index (κ1) is 14.7. The molecule has 0 radical (unpaired) electrons. The van der Waals surface area contributed by atoms with Crippen molar-refractivity contribution in [3.05, 3.63) is 0 Å². The van der Waals surface area contributed by atoms with Crippen molar-refractivity contribution in [1.82, 2.24) is 0 Å². The first-order chi connectivity index (χ1) is 6.31. The summed E-state index contributed by atoms with van der Waals surface area (Å²) in [6.45, 7) is 12.1. The van der Waals surface area contributed by atoms with Gasteiger partial charge >= 0.3 is 0 Å². The zero-order valence-corrected chi connectivity index (χ0v) is 13.9. The van der Waals surface area contributed by atoms with E-state index < -0.39 is 7.22 Å². The quantitative estimate of drug-likeness (QED) is 0.529. The van der Waals surface area contributed by atoms with E-state index in [2.05, 4.69) is 45.1 Å². The standard InChI is InChI=1S/C10H26OSSi2/c1-10(2,3)14(5,6)12-8-7-9-13-11-4/h7-9,13H2,1-6H3. The number of rotatable bonds is 6. The first-order valence-corrected chi connectivity index (χ1v) is 11.7. The van der Waals surface area contributed by atoms with Crippen LogP contribution in [0.15, 0.2) is 0 Å². The fourth-order valence-electron chi connectivity index (χ4n) is 0.892. The Balaban J connectivity index is 3.67. The Morgan fingerprint density at radius 3 is 2.29 bits per heavy atom. The van der Waals surface area contributed by atoms with Crippen LogP contribution < -0.4 is 0 Å². The highest BCUT2D eigenvalue weighted by atomic mass is 32.4. The fraction of sp³-hybridized carbons (Fsp3) is 1.00. The topological polar surface area (TPSA) is 9.23 Å². The van der Waals surface area contributed by atoms with E-state index in [1.807, 2.05) is 7.11 Å². The average molecular weight is 251 g/mol. The second-order valence-corrected chi connectivity index (χ2v) is 16.1. The average Bonchev–Trinajstić information content (AvgIpc) is 2.02. The summed E-state index contributed by atoms with van der Waals surface area (Å²) < 4.78 is 5.18. The predicted octanol–water partition coefficient (Wildman–Crippen LogP) is 3.26. The molecule has 0 aromatic heterocycles. The maximum atomic E-state index is 5.18. The van der Waals surface area contributed by atoms with Crippen molar-refractivity contribution in [3.8, 4) is 0 Å². The Labute approximate surface area is 97.0 Å². The lowest BCUT2D eigenvalue weighted by Gasteiger charge is -2.36. The van der Waals surface area contributed by atoms with Gasteiger partial charge in [-0.25, -0.2) is 0 Å². The minimum absolute atomic E-state index is 0.174. The van der Waals surface area contributed by atoms with Gasteiger partial charge in [0.1, 0.15) is 7.22 Å². The summed E-state index contributed by atoms with van der Waals surface area (Å²) >= 11 is 2.24. The molecule has 4 heteroatoms. The van der Waals surface area contributed by atoms with Gasteiger partial charge < -0.3 is 4.43 Å². The summed E-state index contributed by atoms with van der Waals surface area (Å²) in [6.07, 6.45) is 1.36. The van der Waals surface area contributed by atoms with E-state index in [1.165, 1.54) is 18.2 Å². The van der Waals surface area contributed by atoms with Crippen LogP contribution in [0.25, 0.3) is 0 Å². The molecular formula is C10H26OSSi2. The normalized spacial score (nSPS) is 14.1. The summed E-state index contributed by atoms with van der Waals surface area (Å²) in [4.78, 5) is 0. The molecule has 0 saturated carbocycles. The zero-order valence-electron chi connectivity index (χ0n) is 10.6. The monoisotopic (exact) mass is 250 g/mol. The van der Waals surface area contributed by atoms with Crippen molar-refractivity contribution in [2.45, 2.75) is 51.4 Å². The summed E-state index contributed by atoms with van der Waals surface area (Å²) in [5.41, 5.74) is 0. The van der Waals surface area contributed by atoms with Crippen LogP contribution in [0.3, 0.4) is 0 Å². The van der Waals surface area contributed by atoms with Gasteiger partial charge in [-0.2, -0.15) is 11.2 Å². The van der Waals surface area contributed by atoms with Gasteiger partial charge in [-0.05, 0) is 23.3 Å². The summed E-state index contributed by atoms with van der Waals surface area (Å²) in [7, 11) is 0.592. The molecule has 0 N–H and O–H groups in total. The van der Waals surface area contributed by atoms with E-state index in [4.69, 9.17) is 4.43 Å². The maximum Gasteiger partial charge on any atom is 0.161 e. The molecule has 0 aliphatic rings. The van der Waals surface area contributed by atoms with Gasteiger partial charge in [-0.1, -0.05) is 33.9 Å². The van der Waals surface area contributed by atoms with Gasteiger partial charge in [0.25, 0.3) is 0 Å². The van der Waals surface area contributed by atoms with Crippen LogP contribution in [0.4, 0.5) is 0 Å². The molecule has 0 saturated heterocycles. The van der Waals surface area contributed by atoms with Crippen molar-refractivity contribution in [1.29, 1.82) is 0 Å². The summed E-state index contributed by atoms with van der Waals surface area (Å²) in [5.74, 6) is 1.34. The Bertz CT molecular complexity index is 155. The molecule has 14 heavy (non-hydrogen) atoms. The lowest BCUT2D eigenvalue weighted by molar-refractivity contribution is 0.440. The largest absolute Gasteiger partial charge is 0.427 e. The molecule has 1 nitrogen and oxygen atoms in total. The van der Waals surface area contributed by atoms with E-state index in [-0.39, 0.29) is 9.76 Å². The third-order valence-corrected chi connectivity index (χ3v) is 13.7. The summed E-state index contributed by atoms with van der Waals surface area (Å²) in [6, 6.07) is 1.35. The van der Waals surface area contributed by atoms with Gasteiger partial charge in [0, 0.05) is 7.11 Å². The van der Waals surface area contributed by atoms with Crippen LogP contribution in [-0.2, 0) is 4.43 Å². The third kappa shape index (κ3) is 5.58. The SMILES string of the molecule is CO[SiH2]CCCS[Si](C)(C)C(C)(C)C. The Hall–Kier alpha value is 0.744. The number of hydrogen-bond donors (Lipinski definition) is 0. The molecule has 0 aromatic carbocycles. The van der Waals surface area contributed by atoms with Gasteiger partial charge in [-0.15, -0.1) is 0 Å². The highest BCUT2D eigenvalue weighted by molar-refractivity contribution is 8.29. The summed E-state index contributed by atoms with van der Waals surface area (Å²) in [5, 5.41) is 0.524. The molecule has 0 aliphatic heterocycles. The molecule has 0 amide bonds. The molecule has 0 aromatic rings. The van der Waals surface area contributed by atoms with Gasteiger partial charge in [-0.3, -0.25) is 0 Å². The zero-order chi connectivity index (χ0) is 11.2. The van der Waals surface area contributed by atoms with E-state index in [0.29, 0.717) is 5.04 Å². The predicted molar refractivity (Wildman–Crippen MR) is 74.6 cm³/mol. The molecule has 86 valence electrons. The Morgan fingerprint density at radius 2 is 1.86 bits per heavy atom. The van der Waals surface area contributed by atoms with Crippen LogP contribution in [0, 0.1) is 0 Å². The van der Waals surface area contributed by atoms with Crippen LogP contribution >= 0.6 is 11.2 Å². The maximum absolute atomic E-state index is 5.18. The molecule has 0 spiro atoms. The fourth-order valence-corrected chi connectivity index (χ4v) is 6.55. The van der Waals surface area contributed by atoms with Gasteiger partial charge in [0.15, 0.2) is 9.76 Å². The van der Waals surface area contributed by atoms with Crippen LogP contribution in [0.2, 0.25) is 24.2 Å². The van der Waals surface area contributed by atoms with Crippen LogP contribution in [0.5, 0.6) is 0 Å². The molecule has 0 rings (SSSR count).